The normalized spacial score (nSPS) is 27.0. The monoisotopic (exact) mass is 1020 g/mol. The fraction of sp³-hybridized carbons (Fsp3) is 0.636. The molecule has 11 atom stereocenters. The molecule has 0 bridgehead atoms. The van der Waals surface area contributed by atoms with Crippen LogP contribution in [0.2, 0.25) is 10.0 Å². The molecular weight excluding hydrogens is 952 g/mol. The number of rotatable bonds is 22. The number of aliphatic carboxylic acids is 4. The Bertz CT molecular complexity index is 2260. The molecule has 14 nitrogen and oxygen atoms in total. The van der Waals surface area contributed by atoms with E-state index >= 15 is 0 Å². The minimum absolute atomic E-state index is 0.242. The van der Waals surface area contributed by atoms with E-state index in [2.05, 4.69) is 45.3 Å². The third-order valence-electron chi connectivity index (χ3n) is 17.6. The molecule has 0 aliphatic heterocycles. The van der Waals surface area contributed by atoms with Crippen molar-refractivity contribution in [3.8, 4) is 11.5 Å². The van der Waals surface area contributed by atoms with Gasteiger partial charge >= 0.3 is 23.9 Å². The Labute approximate surface area is 427 Å². The molecule has 71 heavy (non-hydrogen) atoms. The van der Waals surface area contributed by atoms with E-state index in [9.17, 15) is 49.2 Å². The van der Waals surface area contributed by atoms with Gasteiger partial charge in [-0.1, -0.05) is 83.2 Å². The molecule has 0 spiro atoms. The summed E-state index contributed by atoms with van der Waals surface area (Å²) in [5.74, 6) is -3.31. The van der Waals surface area contributed by atoms with Crippen LogP contribution < -0.4 is 10.6 Å². The summed E-state index contributed by atoms with van der Waals surface area (Å²) >= 11 is 13.1. The maximum atomic E-state index is 13.6. The Kier molecular flexibility index (Phi) is 18.3. The fourth-order valence-electron chi connectivity index (χ4n) is 13.9. The molecule has 4 aliphatic carbocycles. The molecule has 1 unspecified atom stereocenters. The molecule has 0 radical (unpaired) electrons. The van der Waals surface area contributed by atoms with Crippen molar-refractivity contribution in [1.82, 2.24) is 10.6 Å². The number of carbonyl (C=O) groups is 6. The SMILES string of the molecule is CC(C)CCC[C@@H](C)[C@H]1CC[C@H]2[C@@H]3CCC4C[C@@H](CCC=C(c5cc(Cl)c(O)c(C(=O)N[C@@H](CCC(=O)O)C(=O)O)c5)c5cc(Cl)c(O)c(C(=O)N[C@@H](CCC(=O)O)C(=O)O)c5)CC[C@]4(C)[C@H]3CC[C@]12C. The van der Waals surface area contributed by atoms with Crippen molar-refractivity contribution in [1.29, 1.82) is 0 Å². The largest absolute Gasteiger partial charge is 0.506 e. The van der Waals surface area contributed by atoms with Gasteiger partial charge in [-0.25, -0.2) is 9.59 Å². The zero-order valence-electron chi connectivity index (χ0n) is 41.8. The number of aromatic hydroxyl groups is 2. The number of allylic oxidation sites excluding steroid dienone is 1. The van der Waals surface area contributed by atoms with E-state index < -0.39 is 96.1 Å². The van der Waals surface area contributed by atoms with Crippen molar-refractivity contribution in [3.05, 3.63) is 62.6 Å². The van der Waals surface area contributed by atoms with Gasteiger partial charge in [0.15, 0.2) is 0 Å². The van der Waals surface area contributed by atoms with Gasteiger partial charge in [-0.3, -0.25) is 19.2 Å². The number of phenols is 2. The van der Waals surface area contributed by atoms with E-state index in [4.69, 9.17) is 33.4 Å². The minimum atomic E-state index is -1.61. The number of hydrogen-bond donors (Lipinski definition) is 8. The first-order valence-electron chi connectivity index (χ1n) is 25.7. The van der Waals surface area contributed by atoms with Gasteiger partial charge in [-0.2, -0.15) is 0 Å². The highest BCUT2D eigenvalue weighted by molar-refractivity contribution is 6.33. The molecule has 2 amide bonds. The third kappa shape index (κ3) is 12.7. The van der Waals surface area contributed by atoms with Gasteiger partial charge in [0.05, 0.1) is 21.2 Å². The van der Waals surface area contributed by atoms with Crippen LogP contribution in [0.25, 0.3) is 5.57 Å². The lowest BCUT2D eigenvalue weighted by atomic mass is 9.44. The predicted molar refractivity (Wildman–Crippen MR) is 271 cm³/mol. The average Bonchev–Trinajstić information content (AvgIpc) is 3.66. The first-order chi connectivity index (χ1) is 33.4. The minimum Gasteiger partial charge on any atom is -0.506 e. The van der Waals surface area contributed by atoms with Gasteiger partial charge in [0.25, 0.3) is 11.8 Å². The highest BCUT2D eigenvalue weighted by Crippen LogP contribution is 2.69. The topological polar surface area (TPSA) is 248 Å². The van der Waals surface area contributed by atoms with Crippen LogP contribution in [0.1, 0.15) is 182 Å². The Hall–Kier alpha value is -4.82. The van der Waals surface area contributed by atoms with E-state index in [1.54, 1.807) is 0 Å². The summed E-state index contributed by atoms with van der Waals surface area (Å²) in [4.78, 5) is 73.8. The number of carboxylic acid groups (broad SMARTS) is 4. The van der Waals surface area contributed by atoms with Crippen LogP contribution in [0.15, 0.2) is 30.3 Å². The Morgan fingerprint density at radius 2 is 1.20 bits per heavy atom. The molecule has 2 aromatic rings. The van der Waals surface area contributed by atoms with Gasteiger partial charge in [-0.05, 0) is 183 Å². The van der Waals surface area contributed by atoms with Gasteiger partial charge in [0, 0.05) is 12.8 Å². The van der Waals surface area contributed by atoms with Gasteiger partial charge in [0.1, 0.15) is 23.6 Å². The molecule has 8 N–H and O–H groups in total. The third-order valence-corrected chi connectivity index (χ3v) is 18.2. The number of phenolic OH excluding ortho intramolecular Hbond substituents is 2. The lowest BCUT2D eigenvalue weighted by Gasteiger charge is -2.61. The van der Waals surface area contributed by atoms with Crippen LogP contribution in [0.5, 0.6) is 11.5 Å². The first-order valence-corrected chi connectivity index (χ1v) is 26.5. The molecule has 4 fully saturated rings. The van der Waals surface area contributed by atoms with Crippen molar-refractivity contribution in [2.75, 3.05) is 0 Å². The second-order valence-corrected chi connectivity index (χ2v) is 23.1. The molecule has 16 heteroatoms. The molecule has 0 aromatic heterocycles. The van der Waals surface area contributed by atoms with Crippen molar-refractivity contribution < 1.29 is 59.4 Å². The Balaban J connectivity index is 1.26. The lowest BCUT2D eigenvalue weighted by molar-refractivity contribution is -0.142. The molecule has 0 saturated heterocycles. The second-order valence-electron chi connectivity index (χ2n) is 22.3. The summed E-state index contributed by atoms with van der Waals surface area (Å²) in [7, 11) is 0. The zero-order valence-corrected chi connectivity index (χ0v) is 43.3. The zero-order chi connectivity index (χ0) is 52.1. The Morgan fingerprint density at radius 1 is 0.676 bits per heavy atom. The molecule has 6 rings (SSSR count). The van der Waals surface area contributed by atoms with E-state index in [0.717, 1.165) is 61.2 Å². The molecule has 2 aromatic carbocycles. The van der Waals surface area contributed by atoms with Crippen LogP contribution in [0, 0.1) is 58.2 Å². The number of amides is 2. The number of halogens is 2. The van der Waals surface area contributed by atoms with Crippen LogP contribution >= 0.6 is 23.2 Å². The summed E-state index contributed by atoms with van der Waals surface area (Å²) in [6.07, 6.45) is 16.4. The standard InChI is InChI=1S/C55H74Cl2N2O12/c1-29(2)8-6-9-30(3)39-14-15-40-36-13-12-34-24-31(20-22-54(34,4)41(36)21-23-55(39,40)5)10-7-11-35(32-25-37(48(64)42(56)27-32)50(66)58-44(52(68)69)16-18-46(60)61)33-26-38(49(65)43(57)28-33)51(67)59-45(53(70)71)17-19-47(62)63/h11,25-31,34,36,39-41,44-45,64-65H,6-10,12-24H2,1-5H3,(H,58,66)(H,59,67)(H,60,61)(H,62,63)(H,68,69)(H,70,71)/t30-,31+,34?,36+,39-,40+,41+,44+,45+,54+,55-/m1/s1. The number of carboxylic acids is 4. The highest BCUT2D eigenvalue weighted by atomic mass is 35.5. The van der Waals surface area contributed by atoms with Gasteiger partial charge < -0.3 is 41.3 Å². The highest BCUT2D eigenvalue weighted by Gasteiger charge is 2.60. The van der Waals surface area contributed by atoms with Crippen LogP contribution in [0.4, 0.5) is 0 Å². The summed E-state index contributed by atoms with van der Waals surface area (Å²) < 4.78 is 0. The quantitative estimate of drug-likeness (QED) is 0.0549. The van der Waals surface area contributed by atoms with Crippen molar-refractivity contribution in [2.45, 2.75) is 162 Å². The number of nitrogens with one attached hydrogen (secondary N) is 2. The van der Waals surface area contributed by atoms with Gasteiger partial charge in [-0.15, -0.1) is 0 Å². The molecule has 4 saturated carbocycles. The lowest BCUT2D eigenvalue weighted by Crippen LogP contribution is -2.53. The second kappa shape index (κ2) is 23.4. The molecule has 4 aliphatic rings. The number of fused-ring (bicyclic) bond motifs is 5. The van der Waals surface area contributed by atoms with Crippen molar-refractivity contribution in [3.63, 3.8) is 0 Å². The number of benzene rings is 2. The average molecular weight is 1030 g/mol. The molecule has 390 valence electrons. The van der Waals surface area contributed by atoms with Crippen LogP contribution in [-0.2, 0) is 19.2 Å². The van der Waals surface area contributed by atoms with Crippen molar-refractivity contribution in [2.24, 2.45) is 58.2 Å². The van der Waals surface area contributed by atoms with E-state index in [0.29, 0.717) is 29.2 Å². The number of carbonyl (C=O) groups excluding carboxylic acids is 2. The molecule has 0 heterocycles. The Morgan fingerprint density at radius 3 is 1.70 bits per heavy atom. The summed E-state index contributed by atoms with van der Waals surface area (Å²) in [6.45, 7) is 12.4. The maximum Gasteiger partial charge on any atom is 0.326 e. The van der Waals surface area contributed by atoms with Gasteiger partial charge in [0.2, 0.25) is 0 Å². The smallest absolute Gasteiger partial charge is 0.326 e. The van der Waals surface area contributed by atoms with E-state index in [-0.39, 0.29) is 26.6 Å². The molecular formula is C55H74Cl2N2O12. The van der Waals surface area contributed by atoms with Crippen molar-refractivity contribution >= 4 is 64.5 Å². The first kappa shape index (κ1) is 55.5. The summed E-state index contributed by atoms with van der Waals surface area (Å²) in [5.41, 5.74) is 0.724. The summed E-state index contributed by atoms with van der Waals surface area (Å²) in [6, 6.07) is 2.10. The van der Waals surface area contributed by atoms with E-state index in [1.807, 2.05) is 6.08 Å². The summed E-state index contributed by atoms with van der Waals surface area (Å²) in [5, 5.41) is 63.9. The van der Waals surface area contributed by atoms with Crippen LogP contribution in [-0.4, -0.2) is 78.4 Å². The van der Waals surface area contributed by atoms with E-state index in [1.165, 1.54) is 82.1 Å². The predicted octanol–water partition coefficient (Wildman–Crippen LogP) is 11.4. The number of hydrogen-bond acceptors (Lipinski definition) is 8. The maximum absolute atomic E-state index is 13.6. The van der Waals surface area contributed by atoms with Crippen LogP contribution in [0.3, 0.4) is 0 Å². The fourth-order valence-corrected chi connectivity index (χ4v) is 14.3.